The Kier molecular flexibility index (Phi) is 5.32. The van der Waals surface area contributed by atoms with E-state index in [0.29, 0.717) is 5.56 Å². The van der Waals surface area contributed by atoms with Crippen molar-refractivity contribution in [2.75, 3.05) is 27.7 Å². The monoisotopic (exact) mass is 250 g/mol. The van der Waals surface area contributed by atoms with Crippen LogP contribution in [0.15, 0.2) is 24.3 Å². The highest BCUT2D eigenvalue weighted by atomic mass is 16.5. The van der Waals surface area contributed by atoms with E-state index in [-0.39, 0.29) is 12.5 Å². The lowest BCUT2D eigenvalue weighted by molar-refractivity contribution is -0.139. The average Bonchev–Trinajstić information content (AvgIpc) is 2.35. The first-order valence-corrected chi connectivity index (χ1v) is 5.61. The Hall–Kier alpha value is -1.88. The second-order valence-corrected chi connectivity index (χ2v) is 4.19. The van der Waals surface area contributed by atoms with E-state index >= 15 is 0 Å². The number of benzene rings is 1. The molecule has 0 spiro atoms. The van der Waals surface area contributed by atoms with Gasteiger partial charge in [-0.25, -0.2) is 0 Å². The molecule has 0 saturated carbocycles. The van der Waals surface area contributed by atoms with Gasteiger partial charge in [-0.3, -0.25) is 9.59 Å². The fraction of sp³-hybridized carbons (Fsp3) is 0.385. The number of hydrogen-bond acceptors (Lipinski definition) is 4. The molecule has 1 aromatic carbocycles. The highest BCUT2D eigenvalue weighted by molar-refractivity contribution is 5.95. The number of hydrogen-bond donors (Lipinski definition) is 1. The molecular weight excluding hydrogens is 232 g/mol. The van der Waals surface area contributed by atoms with Crippen LogP contribution in [0.3, 0.4) is 0 Å². The molecule has 0 fully saturated rings. The zero-order chi connectivity index (χ0) is 13.5. The van der Waals surface area contributed by atoms with Gasteiger partial charge in [-0.2, -0.15) is 0 Å². The van der Waals surface area contributed by atoms with Crippen molar-refractivity contribution in [2.45, 2.75) is 6.54 Å². The largest absolute Gasteiger partial charge is 0.468 e. The van der Waals surface area contributed by atoms with Crippen LogP contribution in [0.4, 0.5) is 0 Å². The normalized spacial score (nSPS) is 10.2. The van der Waals surface area contributed by atoms with Crippen LogP contribution in [0.25, 0.3) is 0 Å². The van der Waals surface area contributed by atoms with Gasteiger partial charge in [0.1, 0.15) is 6.54 Å². The molecule has 0 aromatic heterocycles. The maximum atomic E-state index is 11.7. The van der Waals surface area contributed by atoms with Gasteiger partial charge in [0, 0.05) is 12.1 Å². The standard InChI is InChI=1S/C13H18N2O3/c1-15(2)9-10-4-6-11(7-5-10)13(17)14-8-12(16)18-3/h4-7H,8-9H2,1-3H3,(H,14,17). The second-order valence-electron chi connectivity index (χ2n) is 4.19. The van der Waals surface area contributed by atoms with E-state index in [2.05, 4.69) is 10.1 Å². The molecule has 18 heavy (non-hydrogen) atoms. The Morgan fingerprint density at radius 1 is 1.22 bits per heavy atom. The van der Waals surface area contributed by atoms with Crippen LogP contribution in [0, 0.1) is 0 Å². The van der Waals surface area contributed by atoms with Crippen LogP contribution >= 0.6 is 0 Å². The summed E-state index contributed by atoms with van der Waals surface area (Å²) in [5, 5.41) is 2.49. The van der Waals surface area contributed by atoms with E-state index in [4.69, 9.17) is 0 Å². The number of ether oxygens (including phenoxy) is 1. The maximum absolute atomic E-state index is 11.7. The second kappa shape index (κ2) is 6.76. The summed E-state index contributed by atoms with van der Waals surface area (Å²) in [7, 11) is 5.25. The van der Waals surface area contributed by atoms with E-state index in [1.807, 2.05) is 31.1 Å². The number of amides is 1. The lowest BCUT2D eigenvalue weighted by Gasteiger charge is -2.10. The van der Waals surface area contributed by atoms with E-state index in [0.717, 1.165) is 12.1 Å². The molecule has 1 rings (SSSR count). The van der Waals surface area contributed by atoms with Gasteiger partial charge in [0.2, 0.25) is 0 Å². The molecule has 5 heteroatoms. The summed E-state index contributed by atoms with van der Waals surface area (Å²) in [5.74, 6) is -0.746. The fourth-order valence-electron chi connectivity index (χ4n) is 1.45. The van der Waals surface area contributed by atoms with Crippen LogP contribution in [-0.2, 0) is 16.1 Å². The summed E-state index contributed by atoms with van der Waals surface area (Å²) >= 11 is 0. The molecule has 0 saturated heterocycles. The van der Waals surface area contributed by atoms with Crippen LogP contribution in [0.1, 0.15) is 15.9 Å². The van der Waals surface area contributed by atoms with Crippen molar-refractivity contribution < 1.29 is 14.3 Å². The summed E-state index contributed by atoms with van der Waals surface area (Å²) in [5.41, 5.74) is 1.66. The molecule has 0 aliphatic heterocycles. The van der Waals surface area contributed by atoms with Gasteiger partial charge in [0.15, 0.2) is 0 Å². The number of esters is 1. The molecule has 1 N–H and O–H groups in total. The van der Waals surface area contributed by atoms with Crippen molar-refractivity contribution in [2.24, 2.45) is 0 Å². The molecule has 1 amide bonds. The van der Waals surface area contributed by atoms with E-state index in [1.165, 1.54) is 7.11 Å². The Bertz CT molecular complexity index is 413. The number of methoxy groups -OCH3 is 1. The van der Waals surface area contributed by atoms with Crippen molar-refractivity contribution in [3.05, 3.63) is 35.4 Å². The van der Waals surface area contributed by atoms with Crippen molar-refractivity contribution in [3.8, 4) is 0 Å². The van der Waals surface area contributed by atoms with Gasteiger partial charge in [-0.05, 0) is 31.8 Å². The third-order valence-corrected chi connectivity index (χ3v) is 2.34. The number of nitrogens with zero attached hydrogens (tertiary/aromatic N) is 1. The van der Waals surface area contributed by atoms with Crippen LogP contribution in [-0.4, -0.2) is 44.5 Å². The Morgan fingerprint density at radius 2 is 1.83 bits per heavy atom. The van der Waals surface area contributed by atoms with Crippen LogP contribution in [0.2, 0.25) is 0 Å². The summed E-state index contributed by atoms with van der Waals surface area (Å²) in [6.07, 6.45) is 0. The molecule has 0 radical (unpaired) electrons. The lowest BCUT2D eigenvalue weighted by atomic mass is 10.1. The molecule has 0 heterocycles. The first kappa shape index (κ1) is 14.2. The average molecular weight is 250 g/mol. The van der Waals surface area contributed by atoms with Crippen LogP contribution in [0.5, 0.6) is 0 Å². The van der Waals surface area contributed by atoms with Crippen molar-refractivity contribution in [1.82, 2.24) is 10.2 Å². The van der Waals surface area contributed by atoms with Gasteiger partial charge < -0.3 is 15.0 Å². The number of carbonyl (C=O) groups is 2. The maximum Gasteiger partial charge on any atom is 0.325 e. The molecule has 5 nitrogen and oxygen atoms in total. The van der Waals surface area contributed by atoms with E-state index < -0.39 is 5.97 Å². The molecular formula is C13H18N2O3. The molecule has 0 atom stereocenters. The van der Waals surface area contributed by atoms with Gasteiger partial charge in [0.05, 0.1) is 7.11 Å². The van der Waals surface area contributed by atoms with Gasteiger partial charge in [-0.15, -0.1) is 0 Å². The lowest BCUT2D eigenvalue weighted by Crippen LogP contribution is -2.30. The quantitative estimate of drug-likeness (QED) is 0.780. The minimum Gasteiger partial charge on any atom is -0.468 e. The van der Waals surface area contributed by atoms with Crippen LogP contribution < -0.4 is 5.32 Å². The van der Waals surface area contributed by atoms with Gasteiger partial charge in [-0.1, -0.05) is 12.1 Å². The van der Waals surface area contributed by atoms with Crippen molar-refractivity contribution in [1.29, 1.82) is 0 Å². The highest BCUT2D eigenvalue weighted by Gasteiger charge is 2.07. The first-order chi connectivity index (χ1) is 8.52. The van der Waals surface area contributed by atoms with Gasteiger partial charge >= 0.3 is 5.97 Å². The fourth-order valence-corrected chi connectivity index (χ4v) is 1.45. The topological polar surface area (TPSA) is 58.6 Å². The SMILES string of the molecule is COC(=O)CNC(=O)c1ccc(CN(C)C)cc1. The summed E-state index contributed by atoms with van der Waals surface area (Å²) < 4.78 is 4.44. The molecule has 0 bridgehead atoms. The number of carbonyl (C=O) groups excluding carboxylic acids is 2. The predicted molar refractivity (Wildman–Crippen MR) is 68.2 cm³/mol. The third kappa shape index (κ3) is 4.55. The highest BCUT2D eigenvalue weighted by Crippen LogP contribution is 2.06. The Balaban J connectivity index is 2.56. The Labute approximate surface area is 107 Å². The number of nitrogens with one attached hydrogen (secondary N) is 1. The smallest absolute Gasteiger partial charge is 0.325 e. The minimum absolute atomic E-state index is 0.116. The predicted octanol–water partition coefficient (Wildman–Crippen LogP) is 0.651. The molecule has 0 aliphatic carbocycles. The van der Waals surface area contributed by atoms with Crippen molar-refractivity contribution in [3.63, 3.8) is 0 Å². The first-order valence-electron chi connectivity index (χ1n) is 5.61. The summed E-state index contributed by atoms with van der Waals surface area (Å²) in [6, 6.07) is 7.27. The van der Waals surface area contributed by atoms with E-state index in [1.54, 1.807) is 12.1 Å². The molecule has 98 valence electrons. The van der Waals surface area contributed by atoms with E-state index in [9.17, 15) is 9.59 Å². The zero-order valence-electron chi connectivity index (χ0n) is 10.9. The minimum atomic E-state index is -0.465. The summed E-state index contributed by atoms with van der Waals surface area (Å²) in [4.78, 5) is 24.6. The van der Waals surface area contributed by atoms with Crippen molar-refractivity contribution >= 4 is 11.9 Å². The molecule has 0 unspecified atom stereocenters. The molecule has 1 aromatic rings. The zero-order valence-corrected chi connectivity index (χ0v) is 10.9. The summed E-state index contributed by atoms with van der Waals surface area (Å²) in [6.45, 7) is 0.707. The Morgan fingerprint density at radius 3 is 2.33 bits per heavy atom. The third-order valence-electron chi connectivity index (χ3n) is 2.34. The number of rotatable bonds is 5. The van der Waals surface area contributed by atoms with Gasteiger partial charge in [0.25, 0.3) is 5.91 Å². The molecule has 0 aliphatic rings.